The van der Waals surface area contributed by atoms with Gasteiger partial charge in [0.15, 0.2) is 11.5 Å². The number of aromatic hydroxyl groups is 1. The van der Waals surface area contributed by atoms with Crippen LogP contribution in [0.1, 0.15) is 15.9 Å². The van der Waals surface area contributed by atoms with Crippen LogP contribution >= 0.6 is 0 Å². The third kappa shape index (κ3) is 4.31. The summed E-state index contributed by atoms with van der Waals surface area (Å²) >= 11 is 0. The monoisotopic (exact) mass is 375 g/mol. The number of hydrogen-bond donors (Lipinski definition) is 2. The van der Waals surface area contributed by atoms with Crippen molar-refractivity contribution in [3.8, 4) is 17.2 Å². The summed E-state index contributed by atoms with van der Waals surface area (Å²) in [5, 5.41) is 10.0. The molecule has 0 bridgehead atoms. The molecule has 6 nitrogen and oxygen atoms in total. The van der Waals surface area contributed by atoms with E-state index >= 15 is 0 Å². The number of piperazine rings is 1. The Morgan fingerprint density at radius 2 is 1.78 bits per heavy atom. The van der Waals surface area contributed by atoms with Crippen LogP contribution in [0.15, 0.2) is 36.4 Å². The van der Waals surface area contributed by atoms with Crippen LogP contribution in [0, 0.1) is 5.82 Å². The minimum Gasteiger partial charge on any atom is -0.502 e. The summed E-state index contributed by atoms with van der Waals surface area (Å²) in [5.74, 6) is 0.207. The molecule has 1 saturated heterocycles. The number of nitrogens with zero attached hydrogens (tertiary/aromatic N) is 1. The first kappa shape index (κ1) is 19.0. The van der Waals surface area contributed by atoms with Gasteiger partial charge in [-0.25, -0.2) is 4.39 Å². The minimum atomic E-state index is -0.402. The summed E-state index contributed by atoms with van der Waals surface area (Å²) in [7, 11) is 3.00. The lowest BCUT2D eigenvalue weighted by molar-refractivity contribution is -0.917. The number of carbonyl (C=O) groups is 1. The van der Waals surface area contributed by atoms with Crippen LogP contribution in [0.4, 0.5) is 4.39 Å². The van der Waals surface area contributed by atoms with E-state index in [1.807, 2.05) is 0 Å². The van der Waals surface area contributed by atoms with Gasteiger partial charge in [-0.15, -0.1) is 0 Å². The lowest BCUT2D eigenvalue weighted by atomic mass is 10.1. The molecule has 0 aromatic heterocycles. The highest BCUT2D eigenvalue weighted by molar-refractivity contribution is 5.94. The highest BCUT2D eigenvalue weighted by Crippen LogP contribution is 2.36. The zero-order valence-electron chi connectivity index (χ0n) is 15.5. The standard InChI is InChI=1S/C20H23FN2O4/c1-26-17-10-14(11-18(27-2)19(17)24)13-22-6-8-23(9-7-22)20(25)15-4-3-5-16(21)12-15/h3-5,10-12,24H,6-9,13H2,1-2H3/p+1. The number of halogens is 1. The van der Waals surface area contributed by atoms with Crippen molar-refractivity contribution in [1.82, 2.24) is 4.90 Å². The normalized spacial score (nSPS) is 14.9. The molecule has 2 aromatic rings. The Bertz CT molecular complexity index is 794. The summed E-state index contributed by atoms with van der Waals surface area (Å²) in [4.78, 5) is 15.6. The second-order valence-corrected chi connectivity index (χ2v) is 6.58. The molecule has 1 aliphatic heterocycles. The van der Waals surface area contributed by atoms with Crippen LogP contribution < -0.4 is 14.4 Å². The summed E-state index contributed by atoms with van der Waals surface area (Å²) < 4.78 is 23.7. The number of benzene rings is 2. The van der Waals surface area contributed by atoms with Crippen molar-refractivity contribution < 1.29 is 28.7 Å². The molecule has 1 fully saturated rings. The Balaban J connectivity index is 1.62. The van der Waals surface area contributed by atoms with Crippen molar-refractivity contribution in [2.45, 2.75) is 6.54 Å². The third-order valence-corrected chi connectivity index (χ3v) is 4.82. The van der Waals surface area contributed by atoms with Crippen molar-refractivity contribution in [1.29, 1.82) is 0 Å². The van der Waals surface area contributed by atoms with Crippen molar-refractivity contribution in [3.05, 3.63) is 53.3 Å². The predicted octanol–water partition coefficient (Wildman–Crippen LogP) is 1.09. The Kier molecular flexibility index (Phi) is 5.81. The van der Waals surface area contributed by atoms with Crippen LogP contribution in [0.3, 0.4) is 0 Å². The first-order valence-electron chi connectivity index (χ1n) is 8.84. The Hall–Kier alpha value is -2.80. The molecule has 27 heavy (non-hydrogen) atoms. The number of hydrogen-bond acceptors (Lipinski definition) is 4. The van der Waals surface area contributed by atoms with Gasteiger partial charge in [0.05, 0.1) is 40.4 Å². The van der Waals surface area contributed by atoms with E-state index in [4.69, 9.17) is 9.47 Å². The number of amides is 1. The summed E-state index contributed by atoms with van der Waals surface area (Å²) in [6.07, 6.45) is 0. The van der Waals surface area contributed by atoms with E-state index in [0.717, 1.165) is 25.2 Å². The number of ether oxygens (including phenoxy) is 2. The summed E-state index contributed by atoms with van der Waals surface area (Å²) in [6.45, 7) is 3.52. The van der Waals surface area contributed by atoms with Gasteiger partial charge in [0.2, 0.25) is 5.75 Å². The van der Waals surface area contributed by atoms with Crippen molar-refractivity contribution in [2.24, 2.45) is 0 Å². The number of phenolic OH excluding ortho intramolecular Hbond substituents is 1. The van der Waals surface area contributed by atoms with Crippen molar-refractivity contribution >= 4 is 5.91 Å². The van der Waals surface area contributed by atoms with Gasteiger partial charge in [0.1, 0.15) is 12.4 Å². The number of carbonyl (C=O) groups excluding carboxylic acids is 1. The van der Waals surface area contributed by atoms with E-state index in [9.17, 15) is 14.3 Å². The van der Waals surface area contributed by atoms with Gasteiger partial charge < -0.3 is 24.4 Å². The van der Waals surface area contributed by atoms with E-state index in [2.05, 4.69) is 0 Å². The molecule has 1 aliphatic rings. The number of phenols is 1. The van der Waals surface area contributed by atoms with Gasteiger partial charge in [0.25, 0.3) is 5.91 Å². The van der Waals surface area contributed by atoms with E-state index < -0.39 is 5.82 Å². The second-order valence-electron chi connectivity index (χ2n) is 6.58. The van der Waals surface area contributed by atoms with Gasteiger partial charge in [-0.05, 0) is 30.3 Å². The van der Waals surface area contributed by atoms with Gasteiger partial charge in [-0.3, -0.25) is 4.79 Å². The highest BCUT2D eigenvalue weighted by Gasteiger charge is 2.25. The Morgan fingerprint density at radius 3 is 2.33 bits per heavy atom. The maximum atomic E-state index is 13.3. The maximum Gasteiger partial charge on any atom is 0.254 e. The number of methoxy groups -OCH3 is 2. The Labute approximate surface area is 157 Å². The maximum absolute atomic E-state index is 13.3. The van der Waals surface area contributed by atoms with Crippen LogP contribution in [-0.2, 0) is 6.54 Å². The molecular weight excluding hydrogens is 351 g/mol. The van der Waals surface area contributed by atoms with Gasteiger partial charge in [-0.1, -0.05) is 6.07 Å². The fourth-order valence-electron chi connectivity index (χ4n) is 3.35. The van der Waals surface area contributed by atoms with Gasteiger partial charge in [-0.2, -0.15) is 0 Å². The van der Waals surface area contributed by atoms with Crippen LogP contribution in [0.25, 0.3) is 0 Å². The van der Waals surface area contributed by atoms with Crippen LogP contribution in [-0.4, -0.2) is 56.3 Å². The highest BCUT2D eigenvalue weighted by atomic mass is 19.1. The first-order chi connectivity index (χ1) is 13.0. The third-order valence-electron chi connectivity index (χ3n) is 4.82. The Morgan fingerprint density at radius 1 is 1.15 bits per heavy atom. The summed E-state index contributed by atoms with van der Waals surface area (Å²) in [6, 6.07) is 9.40. The molecule has 1 amide bonds. The van der Waals surface area contributed by atoms with E-state index in [0.29, 0.717) is 30.2 Å². The van der Waals surface area contributed by atoms with E-state index in [-0.39, 0.29) is 11.7 Å². The molecule has 7 heteroatoms. The molecule has 3 rings (SSSR count). The fourth-order valence-corrected chi connectivity index (χ4v) is 3.35. The number of rotatable bonds is 5. The van der Waals surface area contributed by atoms with Crippen LogP contribution in [0.5, 0.6) is 17.2 Å². The average molecular weight is 375 g/mol. The lowest BCUT2D eigenvalue weighted by Gasteiger charge is -2.32. The zero-order valence-corrected chi connectivity index (χ0v) is 15.5. The largest absolute Gasteiger partial charge is 0.502 e. The van der Waals surface area contributed by atoms with Gasteiger partial charge >= 0.3 is 0 Å². The zero-order chi connectivity index (χ0) is 19.4. The molecule has 0 radical (unpaired) electrons. The summed E-state index contributed by atoms with van der Waals surface area (Å²) in [5.41, 5.74) is 1.37. The molecule has 2 aromatic carbocycles. The van der Waals surface area contributed by atoms with Crippen molar-refractivity contribution in [3.63, 3.8) is 0 Å². The van der Waals surface area contributed by atoms with Crippen molar-refractivity contribution in [2.75, 3.05) is 40.4 Å². The topological polar surface area (TPSA) is 63.4 Å². The van der Waals surface area contributed by atoms with Crippen LogP contribution in [0.2, 0.25) is 0 Å². The predicted molar refractivity (Wildman–Crippen MR) is 97.9 cm³/mol. The lowest BCUT2D eigenvalue weighted by Crippen LogP contribution is -3.13. The quantitative estimate of drug-likeness (QED) is 0.821. The molecule has 0 atom stereocenters. The molecular formula is C20H24FN2O4+. The molecule has 1 heterocycles. The first-order valence-corrected chi connectivity index (χ1v) is 8.84. The number of quaternary nitrogens is 1. The molecule has 2 N–H and O–H groups in total. The molecule has 0 aliphatic carbocycles. The average Bonchev–Trinajstić information content (AvgIpc) is 2.69. The minimum absolute atomic E-state index is 0.00995. The second kappa shape index (κ2) is 8.26. The van der Waals surface area contributed by atoms with Gasteiger partial charge in [0, 0.05) is 11.1 Å². The molecule has 0 saturated carbocycles. The number of nitrogens with one attached hydrogen (secondary N) is 1. The SMILES string of the molecule is COc1cc(C[NH+]2CCN(C(=O)c3cccc(F)c3)CC2)cc(OC)c1O. The fraction of sp³-hybridized carbons (Fsp3) is 0.350. The molecule has 144 valence electrons. The smallest absolute Gasteiger partial charge is 0.254 e. The van der Waals surface area contributed by atoms with E-state index in [1.54, 1.807) is 29.2 Å². The van der Waals surface area contributed by atoms with E-state index in [1.165, 1.54) is 31.3 Å². The molecule has 0 unspecified atom stereocenters. The molecule has 0 spiro atoms.